The highest BCUT2D eigenvalue weighted by atomic mass is 19.1. The number of hydrogen-bond acceptors (Lipinski definition) is 1. The van der Waals surface area contributed by atoms with Crippen molar-refractivity contribution >= 4 is 6.03 Å². The number of benzene rings is 1. The number of rotatable bonds is 1. The lowest BCUT2D eigenvalue weighted by molar-refractivity contribution is 0.247. The molecule has 1 aliphatic heterocycles. The van der Waals surface area contributed by atoms with Crippen molar-refractivity contribution in [3.63, 3.8) is 0 Å². The van der Waals surface area contributed by atoms with Crippen molar-refractivity contribution in [2.75, 3.05) is 6.54 Å². The Balaban J connectivity index is 2.27. The van der Waals surface area contributed by atoms with Gasteiger partial charge in [0, 0.05) is 12.6 Å². The SMILES string of the molecule is O=C1NCC(c2cc(F)cc(F)c2)N1. The number of nitrogens with one attached hydrogen (secondary N) is 2. The molecule has 74 valence electrons. The monoisotopic (exact) mass is 198 g/mol. The maximum atomic E-state index is 12.8. The quantitative estimate of drug-likeness (QED) is 0.702. The number of carbonyl (C=O) groups is 1. The normalized spacial score (nSPS) is 20.4. The molecule has 0 bridgehead atoms. The molecule has 5 heteroatoms. The Morgan fingerprint density at radius 1 is 1.21 bits per heavy atom. The highest BCUT2D eigenvalue weighted by Crippen LogP contribution is 2.17. The van der Waals surface area contributed by atoms with E-state index < -0.39 is 11.6 Å². The zero-order valence-electron chi connectivity index (χ0n) is 7.18. The molecule has 1 fully saturated rings. The number of halogens is 2. The molecule has 1 aliphatic rings. The summed E-state index contributed by atoms with van der Waals surface area (Å²) in [7, 11) is 0. The molecule has 2 rings (SSSR count). The lowest BCUT2D eigenvalue weighted by atomic mass is 10.1. The van der Waals surface area contributed by atoms with Crippen LogP contribution in [0.15, 0.2) is 18.2 Å². The van der Waals surface area contributed by atoms with Crippen molar-refractivity contribution < 1.29 is 13.6 Å². The summed E-state index contributed by atoms with van der Waals surface area (Å²) >= 11 is 0. The Kier molecular flexibility index (Phi) is 2.07. The van der Waals surface area contributed by atoms with E-state index in [9.17, 15) is 13.6 Å². The van der Waals surface area contributed by atoms with Gasteiger partial charge >= 0.3 is 6.03 Å². The maximum Gasteiger partial charge on any atom is 0.315 e. The van der Waals surface area contributed by atoms with Gasteiger partial charge in [-0.05, 0) is 17.7 Å². The van der Waals surface area contributed by atoms with E-state index in [1.165, 1.54) is 12.1 Å². The molecule has 2 N–H and O–H groups in total. The van der Waals surface area contributed by atoms with Gasteiger partial charge in [-0.1, -0.05) is 0 Å². The van der Waals surface area contributed by atoms with E-state index in [-0.39, 0.29) is 12.1 Å². The van der Waals surface area contributed by atoms with Crippen LogP contribution in [0.25, 0.3) is 0 Å². The summed E-state index contributed by atoms with van der Waals surface area (Å²) in [6, 6.07) is 2.54. The van der Waals surface area contributed by atoms with Crippen molar-refractivity contribution in [2.45, 2.75) is 6.04 Å². The second kappa shape index (κ2) is 3.25. The fourth-order valence-electron chi connectivity index (χ4n) is 1.43. The summed E-state index contributed by atoms with van der Waals surface area (Å²) in [6.07, 6.45) is 0. The standard InChI is InChI=1S/C9H8F2N2O/c10-6-1-5(2-7(11)3-6)8-4-12-9(14)13-8/h1-3,8H,4H2,(H2,12,13,14). The van der Waals surface area contributed by atoms with Gasteiger partial charge in [0.1, 0.15) is 11.6 Å². The minimum Gasteiger partial charge on any atom is -0.336 e. The van der Waals surface area contributed by atoms with Crippen molar-refractivity contribution in [2.24, 2.45) is 0 Å². The molecule has 2 amide bonds. The Bertz CT molecular complexity index is 361. The summed E-state index contributed by atoms with van der Waals surface area (Å²) in [5.41, 5.74) is 0.431. The van der Waals surface area contributed by atoms with Crippen LogP contribution in [0.4, 0.5) is 13.6 Å². The Morgan fingerprint density at radius 3 is 2.36 bits per heavy atom. The fraction of sp³-hybridized carbons (Fsp3) is 0.222. The zero-order valence-corrected chi connectivity index (χ0v) is 7.18. The van der Waals surface area contributed by atoms with Crippen molar-refractivity contribution in [3.8, 4) is 0 Å². The molecule has 0 aromatic heterocycles. The van der Waals surface area contributed by atoms with Gasteiger partial charge in [0.2, 0.25) is 0 Å². The Hall–Kier alpha value is -1.65. The molecule has 0 aliphatic carbocycles. The highest BCUT2D eigenvalue weighted by molar-refractivity contribution is 5.76. The predicted octanol–water partition coefficient (Wildman–Crippen LogP) is 1.32. The first kappa shape index (κ1) is 8.93. The van der Waals surface area contributed by atoms with Gasteiger partial charge in [-0.15, -0.1) is 0 Å². The van der Waals surface area contributed by atoms with Crippen LogP contribution in [0, 0.1) is 11.6 Å². The molecule has 1 saturated heterocycles. The number of carbonyl (C=O) groups excluding carboxylic acids is 1. The van der Waals surface area contributed by atoms with Gasteiger partial charge in [-0.25, -0.2) is 13.6 Å². The van der Waals surface area contributed by atoms with Crippen LogP contribution >= 0.6 is 0 Å². The molecule has 1 aromatic carbocycles. The summed E-state index contributed by atoms with van der Waals surface area (Å²) in [5.74, 6) is -1.28. The molecule has 1 heterocycles. The van der Waals surface area contributed by atoms with E-state index in [4.69, 9.17) is 0 Å². The summed E-state index contributed by atoms with van der Waals surface area (Å²) < 4.78 is 25.6. The van der Waals surface area contributed by atoms with Gasteiger partial charge in [0.15, 0.2) is 0 Å². The first-order chi connectivity index (χ1) is 6.65. The molecular weight excluding hydrogens is 190 g/mol. The van der Waals surface area contributed by atoms with Gasteiger partial charge in [0.25, 0.3) is 0 Å². The van der Waals surface area contributed by atoms with Crippen LogP contribution in [0.3, 0.4) is 0 Å². The third kappa shape index (κ3) is 1.66. The number of amides is 2. The van der Waals surface area contributed by atoms with Crippen LogP contribution in [0.2, 0.25) is 0 Å². The summed E-state index contributed by atoms with van der Waals surface area (Å²) in [4.78, 5) is 10.8. The smallest absolute Gasteiger partial charge is 0.315 e. The number of urea groups is 1. The second-order valence-electron chi connectivity index (χ2n) is 3.11. The third-order valence-corrected chi connectivity index (χ3v) is 2.06. The topological polar surface area (TPSA) is 41.1 Å². The molecule has 0 saturated carbocycles. The van der Waals surface area contributed by atoms with Gasteiger partial charge in [0.05, 0.1) is 6.04 Å². The van der Waals surface area contributed by atoms with Crippen molar-refractivity contribution in [3.05, 3.63) is 35.4 Å². The summed E-state index contributed by atoms with van der Waals surface area (Å²) in [5, 5.41) is 5.05. The van der Waals surface area contributed by atoms with Crippen molar-refractivity contribution in [1.82, 2.24) is 10.6 Å². The average Bonchev–Trinajstić information content (AvgIpc) is 2.50. The molecule has 1 unspecified atom stereocenters. The molecule has 3 nitrogen and oxygen atoms in total. The minimum atomic E-state index is -0.638. The van der Waals surface area contributed by atoms with Crippen LogP contribution in [0.5, 0.6) is 0 Å². The molecular formula is C9H8F2N2O. The molecule has 0 radical (unpaired) electrons. The van der Waals surface area contributed by atoms with E-state index in [2.05, 4.69) is 10.6 Å². The van der Waals surface area contributed by atoms with Gasteiger partial charge in [-0.3, -0.25) is 0 Å². The minimum absolute atomic E-state index is 0.320. The van der Waals surface area contributed by atoms with E-state index in [1.54, 1.807) is 0 Å². The predicted molar refractivity (Wildman–Crippen MR) is 45.6 cm³/mol. The largest absolute Gasteiger partial charge is 0.336 e. The molecule has 0 spiro atoms. The lowest BCUT2D eigenvalue weighted by Gasteiger charge is -2.08. The first-order valence-electron chi connectivity index (χ1n) is 4.15. The van der Waals surface area contributed by atoms with Crippen molar-refractivity contribution in [1.29, 1.82) is 0 Å². The fourth-order valence-corrected chi connectivity index (χ4v) is 1.43. The van der Waals surface area contributed by atoms with Crippen LogP contribution in [-0.4, -0.2) is 12.6 Å². The van der Waals surface area contributed by atoms with Crippen LogP contribution in [0.1, 0.15) is 11.6 Å². The van der Waals surface area contributed by atoms with E-state index in [0.717, 1.165) is 6.07 Å². The number of hydrogen-bond donors (Lipinski definition) is 2. The molecule has 1 atom stereocenters. The van der Waals surface area contributed by atoms with Gasteiger partial charge < -0.3 is 10.6 Å². The van der Waals surface area contributed by atoms with Crippen LogP contribution < -0.4 is 10.6 Å². The zero-order chi connectivity index (χ0) is 10.1. The highest BCUT2D eigenvalue weighted by Gasteiger charge is 2.22. The third-order valence-electron chi connectivity index (χ3n) is 2.06. The van der Waals surface area contributed by atoms with E-state index in [1.807, 2.05) is 0 Å². The van der Waals surface area contributed by atoms with E-state index in [0.29, 0.717) is 12.1 Å². The molecule has 14 heavy (non-hydrogen) atoms. The van der Waals surface area contributed by atoms with E-state index >= 15 is 0 Å². The maximum absolute atomic E-state index is 12.8. The molecule has 1 aromatic rings. The Morgan fingerprint density at radius 2 is 1.86 bits per heavy atom. The average molecular weight is 198 g/mol. The summed E-state index contributed by atoms with van der Waals surface area (Å²) in [6.45, 7) is 0.349. The first-order valence-corrected chi connectivity index (χ1v) is 4.15. The Labute approximate surface area is 79.1 Å². The second-order valence-corrected chi connectivity index (χ2v) is 3.11. The lowest BCUT2D eigenvalue weighted by Crippen LogP contribution is -2.21. The van der Waals surface area contributed by atoms with Crippen LogP contribution in [-0.2, 0) is 0 Å². The van der Waals surface area contributed by atoms with Gasteiger partial charge in [-0.2, -0.15) is 0 Å².